The van der Waals surface area contributed by atoms with E-state index < -0.39 is 12.0 Å². The summed E-state index contributed by atoms with van der Waals surface area (Å²) in [5, 5.41) is 2.78. The van der Waals surface area contributed by atoms with Crippen molar-refractivity contribution in [2.24, 2.45) is 0 Å². The van der Waals surface area contributed by atoms with Gasteiger partial charge in [0.2, 0.25) is 0 Å². The minimum absolute atomic E-state index is 0.274. The van der Waals surface area contributed by atoms with Crippen LogP contribution in [0.3, 0.4) is 0 Å². The Hall–Kier alpha value is -2.14. The third-order valence-electron chi connectivity index (χ3n) is 3.59. The maximum absolute atomic E-state index is 12.5. The van der Waals surface area contributed by atoms with Gasteiger partial charge in [-0.25, -0.2) is 4.79 Å². The second kappa shape index (κ2) is 8.64. The van der Waals surface area contributed by atoms with Gasteiger partial charge in [0.15, 0.2) is 0 Å². The van der Waals surface area contributed by atoms with Crippen LogP contribution in [0.15, 0.2) is 53.0 Å². The quantitative estimate of drug-likeness (QED) is 0.766. The van der Waals surface area contributed by atoms with Crippen molar-refractivity contribution in [3.05, 3.63) is 69.7 Å². The van der Waals surface area contributed by atoms with Crippen molar-refractivity contribution >= 4 is 27.8 Å². The zero-order chi connectivity index (χ0) is 17.5. The Bertz CT molecular complexity index is 716. The summed E-state index contributed by atoms with van der Waals surface area (Å²) in [6, 6.07) is 14.2. The Kier molecular flexibility index (Phi) is 6.55. The van der Waals surface area contributed by atoms with Gasteiger partial charge in [0.1, 0.15) is 6.04 Å². The summed E-state index contributed by atoms with van der Waals surface area (Å²) in [7, 11) is 0. The second-order valence-electron chi connectivity index (χ2n) is 5.43. The van der Waals surface area contributed by atoms with Crippen LogP contribution >= 0.6 is 15.9 Å². The van der Waals surface area contributed by atoms with Gasteiger partial charge in [-0.05, 0) is 37.1 Å². The van der Waals surface area contributed by atoms with Gasteiger partial charge in [-0.15, -0.1) is 0 Å². The number of carbonyl (C=O) groups excluding carboxylic acids is 2. The molecule has 0 saturated heterocycles. The molecule has 0 aliphatic rings. The number of esters is 1. The average molecular weight is 390 g/mol. The second-order valence-corrected chi connectivity index (χ2v) is 6.29. The van der Waals surface area contributed by atoms with Crippen molar-refractivity contribution in [1.29, 1.82) is 0 Å². The molecule has 1 N–H and O–H groups in total. The Morgan fingerprint density at radius 3 is 2.50 bits per heavy atom. The van der Waals surface area contributed by atoms with E-state index in [1.54, 1.807) is 19.1 Å². The number of halogens is 1. The molecule has 1 amide bonds. The topological polar surface area (TPSA) is 55.4 Å². The SMILES string of the molecule is CCOC(=O)C(Cc1ccccc1)NC(=O)c1ccc(C)c(Br)c1. The lowest BCUT2D eigenvalue weighted by molar-refractivity contribution is -0.145. The largest absolute Gasteiger partial charge is 0.464 e. The number of hydrogen-bond donors (Lipinski definition) is 1. The maximum Gasteiger partial charge on any atom is 0.328 e. The standard InChI is InChI=1S/C19H20BrNO3/c1-3-24-19(23)17(11-14-7-5-4-6-8-14)21-18(22)15-10-9-13(2)16(20)12-15/h4-10,12,17H,3,11H2,1-2H3,(H,21,22). The number of ether oxygens (including phenoxy) is 1. The molecule has 0 saturated carbocycles. The van der Waals surface area contributed by atoms with Crippen LogP contribution in [0.5, 0.6) is 0 Å². The average Bonchev–Trinajstić information content (AvgIpc) is 2.57. The Morgan fingerprint density at radius 1 is 1.17 bits per heavy atom. The van der Waals surface area contributed by atoms with Gasteiger partial charge >= 0.3 is 5.97 Å². The van der Waals surface area contributed by atoms with E-state index in [4.69, 9.17) is 4.74 Å². The number of amides is 1. The molecule has 2 rings (SSSR count). The maximum atomic E-state index is 12.5. The highest BCUT2D eigenvalue weighted by Gasteiger charge is 2.23. The summed E-state index contributed by atoms with van der Waals surface area (Å²) in [5.74, 6) is -0.731. The molecule has 0 fully saturated rings. The van der Waals surface area contributed by atoms with E-state index in [0.717, 1.165) is 15.6 Å². The zero-order valence-electron chi connectivity index (χ0n) is 13.7. The van der Waals surface area contributed by atoms with Crippen molar-refractivity contribution in [2.75, 3.05) is 6.61 Å². The van der Waals surface area contributed by atoms with Crippen LogP contribution in [0.2, 0.25) is 0 Å². The Labute approximate surface area is 150 Å². The number of benzene rings is 2. The summed E-state index contributed by atoms with van der Waals surface area (Å²) >= 11 is 3.42. The minimum atomic E-state index is -0.722. The number of hydrogen-bond acceptors (Lipinski definition) is 3. The highest BCUT2D eigenvalue weighted by atomic mass is 79.9. The first-order chi connectivity index (χ1) is 11.5. The van der Waals surface area contributed by atoms with E-state index >= 15 is 0 Å². The molecule has 0 aliphatic carbocycles. The van der Waals surface area contributed by atoms with Gasteiger partial charge in [-0.1, -0.05) is 52.3 Å². The predicted octanol–water partition coefficient (Wildman–Crippen LogP) is 3.66. The number of rotatable bonds is 6. The van der Waals surface area contributed by atoms with E-state index in [0.29, 0.717) is 12.0 Å². The van der Waals surface area contributed by atoms with E-state index in [-0.39, 0.29) is 12.5 Å². The van der Waals surface area contributed by atoms with Gasteiger partial charge in [0, 0.05) is 16.5 Å². The van der Waals surface area contributed by atoms with Crippen LogP contribution in [0.25, 0.3) is 0 Å². The summed E-state index contributed by atoms with van der Waals surface area (Å²) in [4.78, 5) is 24.7. The molecule has 24 heavy (non-hydrogen) atoms. The molecule has 0 bridgehead atoms. The number of carbonyl (C=O) groups is 2. The number of aryl methyl sites for hydroxylation is 1. The van der Waals surface area contributed by atoms with Crippen LogP contribution in [0, 0.1) is 6.92 Å². The molecule has 0 aliphatic heterocycles. The smallest absolute Gasteiger partial charge is 0.328 e. The molecule has 4 nitrogen and oxygen atoms in total. The Balaban J connectivity index is 2.15. The Morgan fingerprint density at radius 2 is 1.88 bits per heavy atom. The monoisotopic (exact) mass is 389 g/mol. The van der Waals surface area contributed by atoms with Crippen molar-refractivity contribution in [3.63, 3.8) is 0 Å². The first-order valence-corrected chi connectivity index (χ1v) is 8.58. The fraction of sp³-hybridized carbons (Fsp3) is 0.263. The summed E-state index contributed by atoms with van der Waals surface area (Å²) in [6.07, 6.45) is 0.387. The summed E-state index contributed by atoms with van der Waals surface area (Å²) < 4.78 is 5.95. The van der Waals surface area contributed by atoms with Crippen LogP contribution in [-0.2, 0) is 16.0 Å². The molecule has 0 spiro atoms. The molecular weight excluding hydrogens is 370 g/mol. The van der Waals surface area contributed by atoms with E-state index in [1.165, 1.54) is 0 Å². The molecule has 5 heteroatoms. The molecule has 2 aromatic rings. The van der Waals surface area contributed by atoms with Crippen LogP contribution in [0.1, 0.15) is 28.4 Å². The van der Waals surface area contributed by atoms with E-state index in [1.807, 2.05) is 43.3 Å². The van der Waals surface area contributed by atoms with E-state index in [2.05, 4.69) is 21.2 Å². The van der Waals surface area contributed by atoms with Crippen LogP contribution < -0.4 is 5.32 Å². The molecule has 0 radical (unpaired) electrons. The van der Waals surface area contributed by atoms with Gasteiger partial charge in [-0.3, -0.25) is 4.79 Å². The van der Waals surface area contributed by atoms with Gasteiger partial charge < -0.3 is 10.1 Å². The fourth-order valence-corrected chi connectivity index (χ4v) is 2.64. The summed E-state index contributed by atoms with van der Waals surface area (Å²) in [5.41, 5.74) is 2.49. The zero-order valence-corrected chi connectivity index (χ0v) is 15.3. The number of nitrogens with one attached hydrogen (secondary N) is 1. The molecule has 1 unspecified atom stereocenters. The summed E-state index contributed by atoms with van der Waals surface area (Å²) in [6.45, 7) is 3.97. The predicted molar refractivity (Wildman–Crippen MR) is 96.9 cm³/mol. The van der Waals surface area contributed by atoms with Gasteiger partial charge in [0.25, 0.3) is 5.91 Å². The van der Waals surface area contributed by atoms with Gasteiger partial charge in [-0.2, -0.15) is 0 Å². The van der Waals surface area contributed by atoms with Crippen LogP contribution in [0.4, 0.5) is 0 Å². The molecule has 126 valence electrons. The lowest BCUT2D eigenvalue weighted by Crippen LogP contribution is -2.43. The third kappa shape index (κ3) is 4.93. The van der Waals surface area contributed by atoms with Gasteiger partial charge in [0.05, 0.1) is 6.61 Å². The van der Waals surface area contributed by atoms with Crippen molar-refractivity contribution < 1.29 is 14.3 Å². The molecule has 1 atom stereocenters. The van der Waals surface area contributed by atoms with E-state index in [9.17, 15) is 9.59 Å². The lowest BCUT2D eigenvalue weighted by Gasteiger charge is -2.17. The highest BCUT2D eigenvalue weighted by Crippen LogP contribution is 2.17. The highest BCUT2D eigenvalue weighted by molar-refractivity contribution is 9.10. The van der Waals surface area contributed by atoms with Crippen molar-refractivity contribution in [2.45, 2.75) is 26.3 Å². The fourth-order valence-electron chi connectivity index (χ4n) is 2.26. The lowest BCUT2D eigenvalue weighted by atomic mass is 10.1. The van der Waals surface area contributed by atoms with Crippen molar-refractivity contribution in [1.82, 2.24) is 5.32 Å². The van der Waals surface area contributed by atoms with Crippen LogP contribution in [-0.4, -0.2) is 24.5 Å². The first-order valence-electron chi connectivity index (χ1n) is 7.79. The first kappa shape index (κ1) is 18.2. The normalized spacial score (nSPS) is 11.6. The third-order valence-corrected chi connectivity index (χ3v) is 4.45. The van der Waals surface area contributed by atoms with Crippen molar-refractivity contribution in [3.8, 4) is 0 Å². The molecular formula is C19H20BrNO3. The molecule has 0 heterocycles. The molecule has 0 aromatic heterocycles. The molecule has 2 aromatic carbocycles. The minimum Gasteiger partial charge on any atom is -0.464 e.